The number of fused-ring (bicyclic) bond motifs is 1. The molecule has 0 bridgehead atoms. The van der Waals surface area contributed by atoms with Crippen molar-refractivity contribution in [2.45, 2.75) is 0 Å². The van der Waals surface area contributed by atoms with Gasteiger partial charge in [0, 0.05) is 6.07 Å². The number of hydrogen-bond acceptors (Lipinski definition) is 3. The Morgan fingerprint density at radius 1 is 1.00 bits per heavy atom. The number of aromatic amines is 1. The quantitative estimate of drug-likeness (QED) is 0.729. The molecule has 0 atom stereocenters. The van der Waals surface area contributed by atoms with E-state index in [9.17, 15) is 0 Å². The molecular formula is C13H11N3O. The Labute approximate surface area is 98.3 Å². The van der Waals surface area contributed by atoms with Crippen LogP contribution in [0.5, 0.6) is 5.88 Å². The monoisotopic (exact) mass is 225 g/mol. The highest BCUT2D eigenvalue weighted by Gasteiger charge is 2.06. The Hall–Kier alpha value is -2.36. The molecule has 0 saturated heterocycles. The van der Waals surface area contributed by atoms with Crippen LogP contribution >= 0.6 is 0 Å². The zero-order valence-corrected chi connectivity index (χ0v) is 9.34. The summed E-state index contributed by atoms with van der Waals surface area (Å²) in [6, 6.07) is 13.5. The highest BCUT2D eigenvalue weighted by molar-refractivity contribution is 5.78. The smallest absolute Gasteiger partial charge is 0.213 e. The van der Waals surface area contributed by atoms with Crippen LogP contribution in [-0.2, 0) is 0 Å². The summed E-state index contributed by atoms with van der Waals surface area (Å²) < 4.78 is 5.10. The summed E-state index contributed by atoms with van der Waals surface area (Å²) in [4.78, 5) is 12.1. The number of methoxy groups -OCH3 is 1. The number of benzene rings is 1. The van der Waals surface area contributed by atoms with Gasteiger partial charge >= 0.3 is 0 Å². The zero-order valence-electron chi connectivity index (χ0n) is 9.34. The molecule has 2 aromatic heterocycles. The van der Waals surface area contributed by atoms with Crippen LogP contribution < -0.4 is 4.74 Å². The van der Waals surface area contributed by atoms with Gasteiger partial charge < -0.3 is 9.72 Å². The van der Waals surface area contributed by atoms with Crippen molar-refractivity contribution in [2.75, 3.05) is 7.11 Å². The number of nitrogens with zero attached hydrogens (tertiary/aromatic N) is 2. The number of ether oxygens (including phenoxy) is 1. The number of aromatic nitrogens is 3. The predicted octanol–water partition coefficient (Wildman–Crippen LogP) is 2.63. The molecule has 0 unspecified atom stereocenters. The van der Waals surface area contributed by atoms with E-state index in [2.05, 4.69) is 15.0 Å². The molecule has 0 saturated carbocycles. The van der Waals surface area contributed by atoms with Crippen LogP contribution in [0.15, 0.2) is 42.5 Å². The summed E-state index contributed by atoms with van der Waals surface area (Å²) in [7, 11) is 1.60. The number of hydrogen-bond donors (Lipinski definition) is 1. The molecule has 17 heavy (non-hydrogen) atoms. The van der Waals surface area contributed by atoms with Crippen LogP contribution in [0, 0.1) is 0 Å². The van der Waals surface area contributed by atoms with Crippen molar-refractivity contribution >= 4 is 11.0 Å². The van der Waals surface area contributed by atoms with Gasteiger partial charge in [-0.05, 0) is 18.2 Å². The average Bonchev–Trinajstić information content (AvgIpc) is 2.82. The molecule has 0 radical (unpaired) electrons. The third-order valence-corrected chi connectivity index (χ3v) is 2.56. The lowest BCUT2D eigenvalue weighted by Crippen LogP contribution is -1.90. The first-order valence-electron chi connectivity index (χ1n) is 5.33. The lowest BCUT2D eigenvalue weighted by molar-refractivity contribution is 0.398. The van der Waals surface area contributed by atoms with E-state index >= 15 is 0 Å². The Morgan fingerprint density at radius 3 is 2.71 bits per heavy atom. The molecule has 4 heteroatoms. The molecule has 0 aliphatic carbocycles. The maximum absolute atomic E-state index is 5.10. The van der Waals surface area contributed by atoms with Gasteiger partial charge in [0.25, 0.3) is 0 Å². The average molecular weight is 225 g/mol. The van der Waals surface area contributed by atoms with E-state index < -0.39 is 0 Å². The Morgan fingerprint density at radius 2 is 1.88 bits per heavy atom. The van der Waals surface area contributed by atoms with Gasteiger partial charge in [0.1, 0.15) is 5.69 Å². The van der Waals surface area contributed by atoms with Gasteiger partial charge in [-0.2, -0.15) is 0 Å². The second kappa shape index (κ2) is 3.90. The van der Waals surface area contributed by atoms with Crippen LogP contribution in [0.2, 0.25) is 0 Å². The molecule has 2 heterocycles. The molecule has 3 rings (SSSR count). The first-order valence-corrected chi connectivity index (χ1v) is 5.33. The lowest BCUT2D eigenvalue weighted by Gasteiger charge is -1.99. The fraction of sp³-hybridized carbons (Fsp3) is 0.0769. The van der Waals surface area contributed by atoms with Crippen molar-refractivity contribution in [3.05, 3.63) is 42.5 Å². The highest BCUT2D eigenvalue weighted by atomic mass is 16.5. The number of pyridine rings is 1. The standard InChI is InChI=1S/C13H11N3O/c1-17-12-8-4-7-11(14-12)13-15-9-5-2-3-6-10(9)16-13/h2-8H,1H3,(H,15,16). The van der Waals surface area contributed by atoms with E-state index in [1.54, 1.807) is 7.11 Å². The summed E-state index contributed by atoms with van der Waals surface area (Å²) in [6.07, 6.45) is 0. The number of H-pyrrole nitrogens is 1. The third-order valence-electron chi connectivity index (χ3n) is 2.56. The summed E-state index contributed by atoms with van der Waals surface area (Å²) in [5.41, 5.74) is 2.72. The van der Waals surface area contributed by atoms with Gasteiger partial charge in [-0.3, -0.25) is 0 Å². The van der Waals surface area contributed by atoms with Gasteiger partial charge in [-0.1, -0.05) is 18.2 Å². The summed E-state index contributed by atoms with van der Waals surface area (Å²) >= 11 is 0. The van der Waals surface area contributed by atoms with E-state index in [1.807, 2.05) is 42.5 Å². The molecule has 1 N–H and O–H groups in total. The number of para-hydroxylation sites is 2. The van der Waals surface area contributed by atoms with Crippen molar-refractivity contribution in [2.24, 2.45) is 0 Å². The van der Waals surface area contributed by atoms with Crippen LogP contribution in [-0.4, -0.2) is 22.1 Å². The van der Waals surface area contributed by atoms with Crippen LogP contribution in [0.25, 0.3) is 22.6 Å². The Balaban J connectivity index is 2.13. The Bertz CT molecular complexity index is 627. The first-order chi connectivity index (χ1) is 8.36. The molecule has 0 aliphatic rings. The van der Waals surface area contributed by atoms with Gasteiger partial charge in [0.05, 0.1) is 18.1 Å². The summed E-state index contributed by atoms with van der Waals surface area (Å²) in [5.74, 6) is 1.34. The molecule has 0 amide bonds. The molecule has 1 aromatic carbocycles. The molecule has 0 fully saturated rings. The predicted molar refractivity (Wildman–Crippen MR) is 65.9 cm³/mol. The fourth-order valence-corrected chi connectivity index (χ4v) is 1.73. The van der Waals surface area contributed by atoms with Crippen LogP contribution in [0.4, 0.5) is 0 Å². The molecule has 84 valence electrons. The van der Waals surface area contributed by atoms with E-state index in [4.69, 9.17) is 4.74 Å². The summed E-state index contributed by atoms with van der Waals surface area (Å²) in [6.45, 7) is 0. The SMILES string of the molecule is COc1cccc(-c2nc3ccccc3[nH]2)n1. The van der Waals surface area contributed by atoms with E-state index in [0.29, 0.717) is 5.88 Å². The second-order valence-corrected chi connectivity index (χ2v) is 3.67. The van der Waals surface area contributed by atoms with Gasteiger partial charge in [0.15, 0.2) is 5.82 Å². The van der Waals surface area contributed by atoms with E-state index in [-0.39, 0.29) is 0 Å². The molecule has 0 spiro atoms. The van der Waals surface area contributed by atoms with Crippen molar-refractivity contribution in [3.8, 4) is 17.4 Å². The maximum Gasteiger partial charge on any atom is 0.213 e. The minimum atomic E-state index is 0.586. The maximum atomic E-state index is 5.10. The Kier molecular flexibility index (Phi) is 2.26. The van der Waals surface area contributed by atoms with Gasteiger partial charge in [-0.15, -0.1) is 0 Å². The van der Waals surface area contributed by atoms with Gasteiger partial charge in [0.2, 0.25) is 5.88 Å². The number of imidazole rings is 1. The van der Waals surface area contributed by atoms with E-state index in [0.717, 1.165) is 22.6 Å². The van der Waals surface area contributed by atoms with Crippen molar-refractivity contribution in [1.82, 2.24) is 15.0 Å². The van der Waals surface area contributed by atoms with Crippen molar-refractivity contribution in [1.29, 1.82) is 0 Å². The third kappa shape index (κ3) is 1.73. The molecule has 3 aromatic rings. The second-order valence-electron chi connectivity index (χ2n) is 3.67. The van der Waals surface area contributed by atoms with Crippen LogP contribution in [0.1, 0.15) is 0 Å². The normalized spacial score (nSPS) is 10.6. The van der Waals surface area contributed by atoms with Crippen molar-refractivity contribution < 1.29 is 4.74 Å². The number of rotatable bonds is 2. The fourth-order valence-electron chi connectivity index (χ4n) is 1.73. The van der Waals surface area contributed by atoms with Crippen LogP contribution in [0.3, 0.4) is 0 Å². The largest absolute Gasteiger partial charge is 0.481 e. The first kappa shape index (κ1) is 9.84. The summed E-state index contributed by atoms with van der Waals surface area (Å²) in [5, 5.41) is 0. The van der Waals surface area contributed by atoms with Crippen molar-refractivity contribution in [3.63, 3.8) is 0 Å². The molecule has 0 aliphatic heterocycles. The molecular weight excluding hydrogens is 214 g/mol. The topological polar surface area (TPSA) is 50.8 Å². The minimum absolute atomic E-state index is 0.586. The number of nitrogens with one attached hydrogen (secondary N) is 1. The van der Waals surface area contributed by atoms with Gasteiger partial charge in [-0.25, -0.2) is 9.97 Å². The van der Waals surface area contributed by atoms with E-state index in [1.165, 1.54) is 0 Å². The minimum Gasteiger partial charge on any atom is -0.481 e. The zero-order chi connectivity index (χ0) is 11.7. The molecule has 4 nitrogen and oxygen atoms in total. The lowest BCUT2D eigenvalue weighted by atomic mass is 10.3. The highest BCUT2D eigenvalue weighted by Crippen LogP contribution is 2.20.